The molecule has 0 spiro atoms. The molecule has 0 aromatic carbocycles. The lowest BCUT2D eigenvalue weighted by Crippen LogP contribution is -2.36. The quantitative estimate of drug-likeness (QED) is 0.687. The molecular formula is C12H21N. The summed E-state index contributed by atoms with van der Waals surface area (Å²) in [7, 11) is 0. The maximum absolute atomic E-state index is 3.82. The number of hydrogen-bond acceptors (Lipinski definition) is 1. The lowest BCUT2D eigenvalue weighted by atomic mass is 9.90. The van der Waals surface area contributed by atoms with Crippen molar-refractivity contribution in [3.05, 3.63) is 0 Å². The standard InChI is InChI=1S/C12H21N/c1-2-4-9(3-1)7-12-10-5-6-11(8-10)13-12/h9-13H,1-8H2. The molecule has 1 heterocycles. The molecule has 0 amide bonds. The summed E-state index contributed by atoms with van der Waals surface area (Å²) < 4.78 is 0. The van der Waals surface area contributed by atoms with Gasteiger partial charge in [0.1, 0.15) is 0 Å². The number of nitrogens with one attached hydrogen (secondary N) is 1. The summed E-state index contributed by atoms with van der Waals surface area (Å²) in [5, 5.41) is 3.82. The van der Waals surface area contributed by atoms with E-state index in [1.807, 2.05) is 0 Å². The van der Waals surface area contributed by atoms with Gasteiger partial charge in [-0.3, -0.25) is 0 Å². The molecular weight excluding hydrogens is 158 g/mol. The Morgan fingerprint density at radius 1 is 1.00 bits per heavy atom. The van der Waals surface area contributed by atoms with Gasteiger partial charge < -0.3 is 5.32 Å². The van der Waals surface area contributed by atoms with Crippen molar-refractivity contribution in [2.45, 2.75) is 63.5 Å². The van der Waals surface area contributed by atoms with Crippen molar-refractivity contribution >= 4 is 0 Å². The van der Waals surface area contributed by atoms with Gasteiger partial charge in [0.15, 0.2) is 0 Å². The van der Waals surface area contributed by atoms with Crippen molar-refractivity contribution in [1.29, 1.82) is 0 Å². The SMILES string of the molecule is C1CCC(CC2NC3CCC2C3)C1. The van der Waals surface area contributed by atoms with Crippen molar-refractivity contribution < 1.29 is 0 Å². The zero-order chi connectivity index (χ0) is 8.67. The molecule has 13 heavy (non-hydrogen) atoms. The molecule has 2 bridgehead atoms. The predicted molar refractivity (Wildman–Crippen MR) is 54.6 cm³/mol. The second-order valence-electron chi connectivity index (χ2n) is 5.43. The molecule has 3 unspecified atom stereocenters. The minimum atomic E-state index is 0.913. The summed E-state index contributed by atoms with van der Waals surface area (Å²) in [6.45, 7) is 0. The Hall–Kier alpha value is -0.0400. The van der Waals surface area contributed by atoms with Gasteiger partial charge in [-0.2, -0.15) is 0 Å². The molecule has 2 saturated carbocycles. The van der Waals surface area contributed by atoms with E-state index in [2.05, 4.69) is 5.32 Å². The molecule has 1 saturated heterocycles. The normalized spacial score (nSPS) is 44.8. The van der Waals surface area contributed by atoms with Gasteiger partial charge in [-0.05, 0) is 37.5 Å². The number of rotatable bonds is 2. The van der Waals surface area contributed by atoms with Crippen molar-refractivity contribution in [3.63, 3.8) is 0 Å². The van der Waals surface area contributed by atoms with Gasteiger partial charge in [0.25, 0.3) is 0 Å². The minimum Gasteiger partial charge on any atom is -0.311 e. The average molecular weight is 179 g/mol. The van der Waals surface area contributed by atoms with Gasteiger partial charge in [0.05, 0.1) is 0 Å². The molecule has 3 atom stereocenters. The van der Waals surface area contributed by atoms with Gasteiger partial charge in [-0.1, -0.05) is 25.7 Å². The monoisotopic (exact) mass is 179 g/mol. The molecule has 3 aliphatic rings. The van der Waals surface area contributed by atoms with E-state index >= 15 is 0 Å². The first-order chi connectivity index (χ1) is 6.42. The minimum absolute atomic E-state index is 0.913. The van der Waals surface area contributed by atoms with Crippen LogP contribution >= 0.6 is 0 Å². The van der Waals surface area contributed by atoms with Crippen LogP contribution in [0.5, 0.6) is 0 Å². The van der Waals surface area contributed by atoms with E-state index in [1.54, 1.807) is 0 Å². The van der Waals surface area contributed by atoms with Crippen LogP contribution in [0.3, 0.4) is 0 Å². The lowest BCUT2D eigenvalue weighted by Gasteiger charge is -2.25. The highest BCUT2D eigenvalue weighted by molar-refractivity contribution is 4.97. The Kier molecular flexibility index (Phi) is 2.08. The van der Waals surface area contributed by atoms with Crippen LogP contribution in [-0.2, 0) is 0 Å². The van der Waals surface area contributed by atoms with Crippen LogP contribution in [0.2, 0.25) is 0 Å². The highest BCUT2D eigenvalue weighted by Gasteiger charge is 2.39. The van der Waals surface area contributed by atoms with Crippen LogP contribution in [0, 0.1) is 11.8 Å². The Labute approximate surface area is 81.3 Å². The summed E-state index contributed by atoms with van der Waals surface area (Å²) in [6, 6.07) is 1.83. The second-order valence-corrected chi connectivity index (χ2v) is 5.43. The van der Waals surface area contributed by atoms with Crippen LogP contribution < -0.4 is 5.32 Å². The van der Waals surface area contributed by atoms with Crippen LogP contribution in [-0.4, -0.2) is 12.1 Å². The number of hydrogen-bond donors (Lipinski definition) is 1. The van der Waals surface area contributed by atoms with Crippen molar-refractivity contribution in [1.82, 2.24) is 5.32 Å². The van der Waals surface area contributed by atoms with Crippen LogP contribution in [0.15, 0.2) is 0 Å². The van der Waals surface area contributed by atoms with Gasteiger partial charge in [-0.25, -0.2) is 0 Å². The van der Waals surface area contributed by atoms with E-state index < -0.39 is 0 Å². The second kappa shape index (κ2) is 3.27. The molecule has 1 N–H and O–H groups in total. The van der Waals surface area contributed by atoms with Crippen LogP contribution in [0.25, 0.3) is 0 Å². The Morgan fingerprint density at radius 2 is 1.85 bits per heavy atom. The number of piperidine rings is 1. The molecule has 3 rings (SSSR count). The van der Waals surface area contributed by atoms with Gasteiger partial charge >= 0.3 is 0 Å². The van der Waals surface area contributed by atoms with Gasteiger partial charge in [0.2, 0.25) is 0 Å². The van der Waals surface area contributed by atoms with E-state index in [4.69, 9.17) is 0 Å². The lowest BCUT2D eigenvalue weighted by molar-refractivity contribution is 0.313. The first kappa shape index (κ1) is 8.28. The van der Waals surface area contributed by atoms with E-state index in [-0.39, 0.29) is 0 Å². The van der Waals surface area contributed by atoms with Gasteiger partial charge in [-0.15, -0.1) is 0 Å². The fraction of sp³-hybridized carbons (Fsp3) is 1.00. The predicted octanol–water partition coefficient (Wildman–Crippen LogP) is 2.71. The van der Waals surface area contributed by atoms with E-state index in [9.17, 15) is 0 Å². The topological polar surface area (TPSA) is 12.0 Å². The first-order valence-corrected chi connectivity index (χ1v) is 6.18. The number of fused-ring (bicyclic) bond motifs is 2. The van der Waals surface area contributed by atoms with Crippen molar-refractivity contribution in [3.8, 4) is 0 Å². The van der Waals surface area contributed by atoms with E-state index in [1.165, 1.54) is 51.4 Å². The molecule has 0 aromatic heterocycles. The summed E-state index contributed by atoms with van der Waals surface area (Å²) in [5.74, 6) is 2.14. The van der Waals surface area contributed by atoms with Crippen molar-refractivity contribution in [2.75, 3.05) is 0 Å². The van der Waals surface area contributed by atoms with E-state index in [0.717, 1.165) is 23.9 Å². The molecule has 74 valence electrons. The molecule has 1 heteroatoms. The smallest absolute Gasteiger partial charge is 0.0101 e. The summed E-state index contributed by atoms with van der Waals surface area (Å²) >= 11 is 0. The van der Waals surface area contributed by atoms with Gasteiger partial charge in [0, 0.05) is 12.1 Å². The summed E-state index contributed by atoms with van der Waals surface area (Å²) in [5.41, 5.74) is 0. The Balaban J connectivity index is 1.55. The maximum atomic E-state index is 3.82. The average Bonchev–Trinajstić information content (AvgIpc) is 2.77. The van der Waals surface area contributed by atoms with Crippen molar-refractivity contribution in [2.24, 2.45) is 11.8 Å². The molecule has 1 aliphatic heterocycles. The fourth-order valence-corrected chi connectivity index (χ4v) is 3.84. The third-order valence-electron chi connectivity index (χ3n) is 4.55. The van der Waals surface area contributed by atoms with Crippen LogP contribution in [0.1, 0.15) is 51.4 Å². The maximum Gasteiger partial charge on any atom is 0.0101 e. The third-order valence-corrected chi connectivity index (χ3v) is 4.55. The molecule has 3 fully saturated rings. The first-order valence-electron chi connectivity index (χ1n) is 6.18. The third kappa shape index (κ3) is 1.52. The Morgan fingerprint density at radius 3 is 2.46 bits per heavy atom. The largest absolute Gasteiger partial charge is 0.311 e. The van der Waals surface area contributed by atoms with E-state index in [0.29, 0.717) is 0 Å². The molecule has 1 nitrogen and oxygen atoms in total. The summed E-state index contributed by atoms with van der Waals surface area (Å²) in [4.78, 5) is 0. The molecule has 0 aromatic rings. The molecule has 0 radical (unpaired) electrons. The summed E-state index contributed by atoms with van der Waals surface area (Å²) in [6.07, 6.45) is 12.0. The molecule has 2 aliphatic carbocycles. The zero-order valence-electron chi connectivity index (χ0n) is 8.47. The zero-order valence-corrected chi connectivity index (χ0v) is 8.47. The highest BCUT2D eigenvalue weighted by atomic mass is 15.0. The van der Waals surface area contributed by atoms with Crippen LogP contribution in [0.4, 0.5) is 0 Å². The Bertz CT molecular complexity index is 184. The fourth-order valence-electron chi connectivity index (χ4n) is 3.84. The highest BCUT2D eigenvalue weighted by Crippen LogP contribution is 2.40.